The zero-order chi connectivity index (χ0) is 21.7. The molecule has 6 nitrogen and oxygen atoms in total. The van der Waals surface area contributed by atoms with Crippen molar-refractivity contribution >= 4 is 23.2 Å². The number of aryl methyl sites for hydroxylation is 1. The van der Waals surface area contributed by atoms with E-state index in [9.17, 15) is 18.8 Å². The quantitative estimate of drug-likeness (QED) is 0.499. The van der Waals surface area contributed by atoms with Gasteiger partial charge in [-0.1, -0.05) is 24.3 Å². The first-order valence-corrected chi connectivity index (χ1v) is 10.1. The van der Waals surface area contributed by atoms with Gasteiger partial charge in [-0.3, -0.25) is 14.4 Å². The molecule has 1 aromatic heterocycles. The number of halogens is 1. The Balaban J connectivity index is 1.41. The van der Waals surface area contributed by atoms with E-state index >= 15 is 0 Å². The molecule has 0 saturated carbocycles. The van der Waals surface area contributed by atoms with Crippen LogP contribution in [0.3, 0.4) is 0 Å². The zero-order valence-corrected chi connectivity index (χ0v) is 16.9. The summed E-state index contributed by atoms with van der Waals surface area (Å²) in [5.74, 6) is -1.15. The largest absolute Gasteiger partial charge is 0.456 e. The normalized spacial score (nSPS) is 15.7. The van der Waals surface area contributed by atoms with E-state index in [-0.39, 0.29) is 51.5 Å². The fraction of sp³-hybridized carbons (Fsp3) is 0.208. The fourth-order valence-electron chi connectivity index (χ4n) is 4.29. The fourth-order valence-corrected chi connectivity index (χ4v) is 4.29. The maximum absolute atomic E-state index is 13.3. The standard InChI is InChI=1S/C24H19FN2O4/c1-14-19(20-21(28)17-4-2-3-5-18(17)22(29)23(20)31-14)24(30)27-12-10-26(11-13-27)16-8-6-15(25)7-9-16/h2-9H,10-13H2,1H3. The first-order valence-electron chi connectivity index (χ1n) is 10.1. The van der Waals surface area contributed by atoms with Crippen LogP contribution in [0, 0.1) is 12.7 Å². The van der Waals surface area contributed by atoms with Crippen molar-refractivity contribution in [3.05, 3.63) is 88.1 Å². The van der Waals surface area contributed by atoms with Gasteiger partial charge in [0.15, 0.2) is 11.5 Å². The molecule has 3 aromatic rings. The molecule has 7 heteroatoms. The first kappa shape index (κ1) is 19.2. The SMILES string of the molecule is Cc1oc2c(c1C(=O)N1CCN(c3ccc(F)cc3)CC1)C(=O)c1ccccc1C2=O. The van der Waals surface area contributed by atoms with Gasteiger partial charge in [-0.2, -0.15) is 0 Å². The Bertz CT molecular complexity index is 1220. The Morgan fingerprint density at radius 3 is 2.16 bits per heavy atom. The van der Waals surface area contributed by atoms with Gasteiger partial charge in [-0.05, 0) is 31.2 Å². The number of hydrogen-bond acceptors (Lipinski definition) is 5. The van der Waals surface area contributed by atoms with E-state index in [1.165, 1.54) is 12.1 Å². The maximum atomic E-state index is 13.3. The lowest BCUT2D eigenvalue weighted by Gasteiger charge is -2.36. The van der Waals surface area contributed by atoms with Crippen LogP contribution >= 0.6 is 0 Å². The van der Waals surface area contributed by atoms with Crippen LogP contribution in [0.4, 0.5) is 10.1 Å². The number of piperazine rings is 1. The summed E-state index contributed by atoms with van der Waals surface area (Å²) < 4.78 is 18.8. The molecule has 2 heterocycles. The Kier molecular flexibility index (Phi) is 4.46. The molecule has 0 radical (unpaired) electrons. The first-order chi connectivity index (χ1) is 15.0. The molecule has 2 aromatic carbocycles. The average molecular weight is 418 g/mol. The van der Waals surface area contributed by atoms with Gasteiger partial charge in [0.1, 0.15) is 11.6 Å². The number of carbonyl (C=O) groups is 3. The highest BCUT2D eigenvalue weighted by Crippen LogP contribution is 2.34. The summed E-state index contributed by atoms with van der Waals surface area (Å²) in [6, 6.07) is 12.8. The predicted octanol–water partition coefficient (Wildman–Crippen LogP) is 3.46. The second-order valence-electron chi connectivity index (χ2n) is 7.70. The van der Waals surface area contributed by atoms with E-state index in [0.717, 1.165) is 5.69 Å². The van der Waals surface area contributed by atoms with Crippen LogP contribution in [0.25, 0.3) is 0 Å². The third-order valence-corrected chi connectivity index (χ3v) is 5.91. The van der Waals surface area contributed by atoms with Crippen LogP contribution in [-0.2, 0) is 0 Å². The summed E-state index contributed by atoms with van der Waals surface area (Å²) >= 11 is 0. The minimum Gasteiger partial charge on any atom is -0.456 e. The Hall–Kier alpha value is -3.74. The highest BCUT2D eigenvalue weighted by atomic mass is 19.1. The molecule has 5 rings (SSSR count). The molecule has 0 atom stereocenters. The number of fused-ring (bicyclic) bond motifs is 2. The lowest BCUT2D eigenvalue weighted by Crippen LogP contribution is -2.49. The van der Waals surface area contributed by atoms with E-state index in [0.29, 0.717) is 31.7 Å². The summed E-state index contributed by atoms with van der Waals surface area (Å²) in [5.41, 5.74) is 1.70. The smallest absolute Gasteiger partial charge is 0.258 e. The number of furan rings is 1. The molecular formula is C24H19FN2O4. The van der Waals surface area contributed by atoms with Crippen molar-refractivity contribution in [2.45, 2.75) is 6.92 Å². The van der Waals surface area contributed by atoms with Crippen molar-refractivity contribution in [3.8, 4) is 0 Å². The lowest BCUT2D eigenvalue weighted by molar-refractivity contribution is 0.0741. The van der Waals surface area contributed by atoms with Gasteiger partial charge in [-0.15, -0.1) is 0 Å². The van der Waals surface area contributed by atoms with Gasteiger partial charge in [0.05, 0.1) is 11.1 Å². The van der Waals surface area contributed by atoms with Crippen molar-refractivity contribution in [3.63, 3.8) is 0 Å². The molecule has 156 valence electrons. The monoisotopic (exact) mass is 418 g/mol. The van der Waals surface area contributed by atoms with Crippen molar-refractivity contribution in [2.75, 3.05) is 31.1 Å². The molecule has 1 amide bonds. The van der Waals surface area contributed by atoms with Crippen molar-refractivity contribution in [1.82, 2.24) is 4.90 Å². The predicted molar refractivity (Wildman–Crippen MR) is 111 cm³/mol. The highest BCUT2D eigenvalue weighted by Gasteiger charge is 2.39. The van der Waals surface area contributed by atoms with Crippen LogP contribution in [0.2, 0.25) is 0 Å². The number of anilines is 1. The number of benzene rings is 2. The molecule has 31 heavy (non-hydrogen) atoms. The summed E-state index contributed by atoms with van der Waals surface area (Å²) in [4.78, 5) is 43.0. The molecule has 0 unspecified atom stereocenters. The topological polar surface area (TPSA) is 70.8 Å². The summed E-state index contributed by atoms with van der Waals surface area (Å²) in [5, 5.41) is 0. The third kappa shape index (κ3) is 3.04. The summed E-state index contributed by atoms with van der Waals surface area (Å²) in [7, 11) is 0. The number of ketones is 2. The molecule has 0 spiro atoms. The Labute approximate surface area is 177 Å². The van der Waals surface area contributed by atoms with Crippen molar-refractivity contribution < 1.29 is 23.2 Å². The summed E-state index contributed by atoms with van der Waals surface area (Å²) in [6.45, 7) is 3.63. The van der Waals surface area contributed by atoms with E-state index < -0.39 is 0 Å². The second-order valence-corrected chi connectivity index (χ2v) is 7.70. The average Bonchev–Trinajstić information content (AvgIpc) is 3.15. The Morgan fingerprint density at radius 2 is 1.52 bits per heavy atom. The number of rotatable bonds is 2. The second kappa shape index (κ2) is 7.19. The molecule has 1 aliphatic heterocycles. The number of nitrogens with zero attached hydrogens (tertiary/aromatic N) is 2. The minimum absolute atomic E-state index is 0.0606. The number of carbonyl (C=O) groups excluding carboxylic acids is 3. The van der Waals surface area contributed by atoms with Crippen LogP contribution in [0.15, 0.2) is 52.9 Å². The molecular weight excluding hydrogens is 399 g/mol. The van der Waals surface area contributed by atoms with E-state index in [4.69, 9.17) is 4.42 Å². The van der Waals surface area contributed by atoms with Gasteiger partial charge < -0.3 is 14.2 Å². The molecule has 2 aliphatic rings. The molecule has 1 fully saturated rings. The Morgan fingerprint density at radius 1 is 0.903 bits per heavy atom. The van der Waals surface area contributed by atoms with Crippen LogP contribution in [-0.4, -0.2) is 48.6 Å². The zero-order valence-electron chi connectivity index (χ0n) is 16.9. The van der Waals surface area contributed by atoms with Gasteiger partial charge >= 0.3 is 0 Å². The van der Waals surface area contributed by atoms with Gasteiger partial charge in [0.25, 0.3) is 5.91 Å². The lowest BCUT2D eigenvalue weighted by atomic mass is 9.86. The number of amides is 1. The van der Waals surface area contributed by atoms with Crippen LogP contribution < -0.4 is 4.90 Å². The van der Waals surface area contributed by atoms with Gasteiger partial charge in [0.2, 0.25) is 5.78 Å². The van der Waals surface area contributed by atoms with Gasteiger partial charge in [-0.25, -0.2) is 4.39 Å². The molecule has 0 bridgehead atoms. The molecule has 1 aliphatic carbocycles. The van der Waals surface area contributed by atoms with Crippen molar-refractivity contribution in [2.24, 2.45) is 0 Å². The molecule has 0 N–H and O–H groups in total. The van der Waals surface area contributed by atoms with Crippen molar-refractivity contribution in [1.29, 1.82) is 0 Å². The highest BCUT2D eigenvalue weighted by molar-refractivity contribution is 6.30. The summed E-state index contributed by atoms with van der Waals surface area (Å²) in [6.07, 6.45) is 0. The third-order valence-electron chi connectivity index (χ3n) is 5.91. The van der Waals surface area contributed by atoms with E-state index in [1.807, 2.05) is 0 Å². The maximum Gasteiger partial charge on any atom is 0.258 e. The van der Waals surface area contributed by atoms with Crippen LogP contribution in [0.5, 0.6) is 0 Å². The van der Waals surface area contributed by atoms with Crippen LogP contribution in [0.1, 0.15) is 48.2 Å². The minimum atomic E-state index is -0.381. The van der Waals surface area contributed by atoms with Gasteiger partial charge in [0, 0.05) is 43.0 Å². The number of hydrogen-bond donors (Lipinski definition) is 0. The van der Waals surface area contributed by atoms with E-state index in [2.05, 4.69) is 4.90 Å². The molecule has 1 saturated heterocycles. The van der Waals surface area contributed by atoms with E-state index in [1.54, 1.807) is 48.2 Å².